The van der Waals surface area contributed by atoms with Crippen LogP contribution in [0.15, 0.2) is 41.3 Å². The molecule has 1 saturated heterocycles. The van der Waals surface area contributed by atoms with Crippen molar-refractivity contribution in [1.82, 2.24) is 4.31 Å². The van der Waals surface area contributed by atoms with Crippen LogP contribution in [0.5, 0.6) is 0 Å². The van der Waals surface area contributed by atoms with E-state index in [-0.39, 0.29) is 17.3 Å². The van der Waals surface area contributed by atoms with E-state index in [2.05, 4.69) is 10.6 Å². The lowest BCUT2D eigenvalue weighted by atomic mass is 10.2. The van der Waals surface area contributed by atoms with Gasteiger partial charge in [0, 0.05) is 23.8 Å². The number of amides is 1. The number of carbonyl (C=O) groups is 1. The van der Waals surface area contributed by atoms with Crippen LogP contribution in [0.4, 0.5) is 11.4 Å². The maximum atomic E-state index is 12.9. The van der Waals surface area contributed by atoms with Crippen LogP contribution < -0.4 is 10.6 Å². The molecule has 1 aliphatic rings. The highest BCUT2D eigenvalue weighted by Gasteiger charge is 2.26. The Bertz CT molecular complexity index is 1010. The van der Waals surface area contributed by atoms with Gasteiger partial charge in [-0.2, -0.15) is 4.31 Å². The predicted octanol–water partition coefficient (Wildman–Crippen LogP) is 4.53. The second-order valence-electron chi connectivity index (χ2n) is 6.97. The van der Waals surface area contributed by atoms with Crippen LogP contribution in [0.25, 0.3) is 0 Å². The molecule has 0 atom stereocenters. The molecule has 1 heterocycles. The van der Waals surface area contributed by atoms with Crippen LogP contribution in [0.1, 0.15) is 24.8 Å². The van der Waals surface area contributed by atoms with Gasteiger partial charge in [-0.25, -0.2) is 8.42 Å². The number of nitrogens with zero attached hydrogens (tertiary/aromatic N) is 1. The molecule has 0 aliphatic carbocycles. The van der Waals surface area contributed by atoms with Gasteiger partial charge in [-0.1, -0.05) is 35.7 Å². The second-order valence-corrected chi connectivity index (χ2v) is 9.75. The van der Waals surface area contributed by atoms with Crippen LogP contribution in [0.2, 0.25) is 10.0 Å². The number of rotatable bonds is 6. The molecule has 2 aromatic rings. The van der Waals surface area contributed by atoms with Crippen molar-refractivity contribution in [2.24, 2.45) is 0 Å². The summed E-state index contributed by atoms with van der Waals surface area (Å²) in [5, 5.41) is 6.64. The van der Waals surface area contributed by atoms with Gasteiger partial charge in [-0.05, 0) is 55.7 Å². The highest BCUT2D eigenvalue weighted by atomic mass is 35.5. The number of sulfonamides is 1. The third kappa shape index (κ3) is 5.42. The summed E-state index contributed by atoms with van der Waals surface area (Å²) in [6.07, 6.45) is 2.78. The minimum atomic E-state index is -3.57. The predicted molar refractivity (Wildman–Crippen MR) is 117 cm³/mol. The maximum Gasteiger partial charge on any atom is 0.243 e. The number of halogens is 2. The normalized spacial score (nSPS) is 15.1. The van der Waals surface area contributed by atoms with Gasteiger partial charge in [0.05, 0.1) is 22.2 Å². The molecule has 2 aromatic carbocycles. The number of nitrogens with one attached hydrogen (secondary N) is 2. The number of hydrogen-bond donors (Lipinski definition) is 2. The SMILES string of the molecule is Cc1ccc(S(=O)(=O)N2CCCCC2)cc1NC(=O)CNc1ccc(Cl)cc1Cl. The van der Waals surface area contributed by atoms with Gasteiger partial charge in [0.2, 0.25) is 15.9 Å². The van der Waals surface area contributed by atoms with Crippen molar-refractivity contribution in [3.63, 3.8) is 0 Å². The van der Waals surface area contributed by atoms with E-state index in [1.54, 1.807) is 30.3 Å². The largest absolute Gasteiger partial charge is 0.375 e. The lowest BCUT2D eigenvalue weighted by Gasteiger charge is -2.26. The first kappa shape index (κ1) is 21.9. The third-order valence-electron chi connectivity index (χ3n) is 4.81. The number of hydrogen-bond acceptors (Lipinski definition) is 4. The van der Waals surface area contributed by atoms with E-state index < -0.39 is 10.0 Å². The number of piperidine rings is 1. The first-order valence-corrected chi connectivity index (χ1v) is 11.6. The summed E-state index contributed by atoms with van der Waals surface area (Å²) in [4.78, 5) is 12.6. The van der Waals surface area contributed by atoms with Crippen molar-refractivity contribution in [3.05, 3.63) is 52.0 Å². The molecule has 156 valence electrons. The van der Waals surface area contributed by atoms with Crippen molar-refractivity contribution >= 4 is 50.5 Å². The molecule has 9 heteroatoms. The lowest BCUT2D eigenvalue weighted by Crippen LogP contribution is -2.35. The monoisotopic (exact) mass is 455 g/mol. The summed E-state index contributed by atoms with van der Waals surface area (Å²) in [5.41, 5.74) is 1.84. The van der Waals surface area contributed by atoms with E-state index in [0.717, 1.165) is 24.8 Å². The van der Waals surface area contributed by atoms with Crippen molar-refractivity contribution in [1.29, 1.82) is 0 Å². The topological polar surface area (TPSA) is 78.5 Å². The first-order chi connectivity index (χ1) is 13.8. The number of aryl methyl sites for hydroxylation is 1. The molecular formula is C20H23Cl2N3O3S. The molecule has 0 radical (unpaired) electrons. The fourth-order valence-corrected chi connectivity index (χ4v) is 5.17. The van der Waals surface area contributed by atoms with Crippen molar-refractivity contribution < 1.29 is 13.2 Å². The van der Waals surface area contributed by atoms with E-state index >= 15 is 0 Å². The highest BCUT2D eigenvalue weighted by molar-refractivity contribution is 7.89. The van der Waals surface area contributed by atoms with E-state index in [4.69, 9.17) is 23.2 Å². The number of carbonyl (C=O) groups excluding carboxylic acids is 1. The van der Waals surface area contributed by atoms with Gasteiger partial charge in [0.15, 0.2) is 0 Å². The zero-order valence-electron chi connectivity index (χ0n) is 16.0. The zero-order valence-corrected chi connectivity index (χ0v) is 18.4. The summed E-state index contributed by atoms with van der Waals surface area (Å²) >= 11 is 12.0. The van der Waals surface area contributed by atoms with E-state index in [0.29, 0.717) is 34.5 Å². The van der Waals surface area contributed by atoms with Gasteiger partial charge < -0.3 is 10.6 Å². The number of anilines is 2. The lowest BCUT2D eigenvalue weighted by molar-refractivity contribution is -0.114. The Morgan fingerprint density at radius 3 is 2.45 bits per heavy atom. The smallest absolute Gasteiger partial charge is 0.243 e. The molecule has 29 heavy (non-hydrogen) atoms. The molecule has 6 nitrogen and oxygen atoms in total. The fourth-order valence-electron chi connectivity index (χ4n) is 3.15. The molecule has 1 fully saturated rings. The van der Waals surface area contributed by atoms with Gasteiger partial charge in [-0.3, -0.25) is 4.79 Å². The zero-order chi connectivity index (χ0) is 21.0. The summed E-state index contributed by atoms with van der Waals surface area (Å²) in [7, 11) is -3.57. The van der Waals surface area contributed by atoms with Crippen LogP contribution in [0, 0.1) is 6.92 Å². The molecular weight excluding hydrogens is 433 g/mol. The van der Waals surface area contributed by atoms with Gasteiger partial charge in [0.25, 0.3) is 0 Å². The minimum absolute atomic E-state index is 0.0239. The molecule has 1 aliphatic heterocycles. The third-order valence-corrected chi connectivity index (χ3v) is 7.25. The molecule has 0 unspecified atom stereocenters. The average molecular weight is 456 g/mol. The van der Waals surface area contributed by atoms with Crippen LogP contribution in [-0.2, 0) is 14.8 Å². The molecule has 0 saturated carbocycles. The molecule has 0 aromatic heterocycles. The van der Waals surface area contributed by atoms with Crippen molar-refractivity contribution in [2.45, 2.75) is 31.1 Å². The summed E-state index contributed by atoms with van der Waals surface area (Å²) < 4.78 is 27.3. The molecule has 2 N–H and O–H groups in total. The van der Waals surface area contributed by atoms with Gasteiger partial charge in [-0.15, -0.1) is 0 Å². The highest BCUT2D eigenvalue weighted by Crippen LogP contribution is 2.26. The van der Waals surface area contributed by atoms with E-state index in [1.807, 2.05) is 6.92 Å². The molecule has 0 spiro atoms. The molecule has 1 amide bonds. The van der Waals surface area contributed by atoms with Crippen LogP contribution in [-0.4, -0.2) is 38.3 Å². The van der Waals surface area contributed by atoms with Gasteiger partial charge in [0.1, 0.15) is 0 Å². The summed E-state index contributed by atoms with van der Waals surface area (Å²) in [6.45, 7) is 2.85. The number of benzene rings is 2. The minimum Gasteiger partial charge on any atom is -0.375 e. The van der Waals surface area contributed by atoms with Crippen molar-refractivity contribution in [2.75, 3.05) is 30.3 Å². The quantitative estimate of drug-likeness (QED) is 0.670. The van der Waals surface area contributed by atoms with E-state index in [1.165, 1.54) is 10.4 Å². The Labute approximate surface area is 181 Å². The summed E-state index contributed by atoms with van der Waals surface area (Å²) in [5.74, 6) is -0.313. The Balaban J connectivity index is 1.70. The summed E-state index contributed by atoms with van der Waals surface area (Å²) in [6, 6.07) is 9.76. The van der Waals surface area contributed by atoms with Gasteiger partial charge >= 0.3 is 0 Å². The maximum absolute atomic E-state index is 12.9. The Kier molecular flexibility index (Phi) is 7.05. The Morgan fingerprint density at radius 2 is 1.76 bits per heavy atom. The first-order valence-electron chi connectivity index (χ1n) is 9.37. The second kappa shape index (κ2) is 9.34. The molecule has 3 rings (SSSR count). The average Bonchev–Trinajstić information content (AvgIpc) is 2.69. The van der Waals surface area contributed by atoms with Crippen LogP contribution >= 0.6 is 23.2 Å². The Hall–Kier alpha value is -1.80. The Morgan fingerprint density at radius 1 is 1.03 bits per heavy atom. The standard InChI is InChI=1S/C20H23Cl2N3O3S/c1-14-5-7-16(29(27,28)25-9-3-2-4-10-25)12-19(14)24-20(26)13-23-18-8-6-15(21)11-17(18)22/h5-8,11-12,23H,2-4,9-10,13H2,1H3,(H,24,26). The van der Waals surface area contributed by atoms with Crippen LogP contribution in [0.3, 0.4) is 0 Å². The van der Waals surface area contributed by atoms with E-state index in [9.17, 15) is 13.2 Å². The molecule has 0 bridgehead atoms. The fraction of sp³-hybridized carbons (Fsp3) is 0.350. The van der Waals surface area contributed by atoms with Crippen molar-refractivity contribution in [3.8, 4) is 0 Å².